The Hall–Kier alpha value is -2.44. The molecule has 0 aromatic carbocycles. The zero-order valence-electron chi connectivity index (χ0n) is 11.0. The highest BCUT2D eigenvalue weighted by molar-refractivity contribution is 5.31. The van der Waals surface area contributed by atoms with E-state index in [0.717, 1.165) is 5.69 Å². The van der Waals surface area contributed by atoms with E-state index in [2.05, 4.69) is 25.3 Å². The van der Waals surface area contributed by atoms with E-state index < -0.39 is 0 Å². The highest BCUT2D eigenvalue weighted by Gasteiger charge is 2.09. The van der Waals surface area contributed by atoms with E-state index in [-0.39, 0.29) is 12.0 Å². The average molecular weight is 261 g/mol. The SMILES string of the molecule is CCOc1nc(NC)nc(Oc2cccnc2C)n1. The number of hydrogen-bond donors (Lipinski definition) is 1. The predicted octanol–water partition coefficient (Wildman–Crippen LogP) is 1.81. The summed E-state index contributed by atoms with van der Waals surface area (Å²) in [5, 5.41) is 2.83. The lowest BCUT2D eigenvalue weighted by molar-refractivity contribution is 0.303. The van der Waals surface area contributed by atoms with Crippen molar-refractivity contribution in [3.8, 4) is 17.8 Å². The van der Waals surface area contributed by atoms with Gasteiger partial charge in [-0.1, -0.05) is 0 Å². The number of aromatic nitrogens is 4. The molecule has 0 saturated carbocycles. The van der Waals surface area contributed by atoms with Crippen molar-refractivity contribution in [2.75, 3.05) is 19.0 Å². The number of anilines is 1. The molecule has 1 N–H and O–H groups in total. The molecule has 0 spiro atoms. The normalized spacial score (nSPS) is 10.1. The van der Waals surface area contributed by atoms with Crippen LogP contribution in [0.1, 0.15) is 12.6 Å². The molecule has 2 aromatic rings. The number of pyridine rings is 1. The van der Waals surface area contributed by atoms with Crippen LogP contribution in [0, 0.1) is 6.92 Å². The van der Waals surface area contributed by atoms with Crippen LogP contribution in [0.3, 0.4) is 0 Å². The van der Waals surface area contributed by atoms with E-state index in [1.165, 1.54) is 0 Å². The Balaban J connectivity index is 2.29. The van der Waals surface area contributed by atoms with Crippen LogP contribution < -0.4 is 14.8 Å². The van der Waals surface area contributed by atoms with E-state index in [1.807, 2.05) is 13.8 Å². The maximum absolute atomic E-state index is 5.59. The van der Waals surface area contributed by atoms with Crippen LogP contribution in [-0.2, 0) is 0 Å². The van der Waals surface area contributed by atoms with Crippen molar-refractivity contribution < 1.29 is 9.47 Å². The van der Waals surface area contributed by atoms with Crippen LogP contribution in [0.4, 0.5) is 5.95 Å². The number of aryl methyl sites for hydroxylation is 1. The highest BCUT2D eigenvalue weighted by Crippen LogP contribution is 2.22. The number of nitrogens with one attached hydrogen (secondary N) is 1. The standard InChI is InChI=1S/C12H15N5O2/c1-4-18-11-15-10(13-3)16-12(17-11)19-9-6-5-7-14-8(9)2/h5-7H,4H2,1-3H3,(H,13,15,16,17). The summed E-state index contributed by atoms with van der Waals surface area (Å²) in [7, 11) is 1.71. The third kappa shape index (κ3) is 3.27. The van der Waals surface area contributed by atoms with Gasteiger partial charge in [-0.25, -0.2) is 0 Å². The fourth-order valence-electron chi connectivity index (χ4n) is 1.36. The van der Waals surface area contributed by atoms with Crippen LogP contribution in [0.25, 0.3) is 0 Å². The minimum absolute atomic E-state index is 0.166. The average Bonchev–Trinajstić information content (AvgIpc) is 2.41. The van der Waals surface area contributed by atoms with Gasteiger partial charge in [0.15, 0.2) is 5.75 Å². The first-order valence-corrected chi connectivity index (χ1v) is 5.89. The summed E-state index contributed by atoms with van der Waals surface area (Å²) in [4.78, 5) is 16.4. The molecule has 2 rings (SSSR count). The molecule has 0 bridgehead atoms. The summed E-state index contributed by atoms with van der Waals surface area (Å²) in [6, 6.07) is 3.97. The van der Waals surface area contributed by atoms with Crippen molar-refractivity contribution in [1.29, 1.82) is 0 Å². The van der Waals surface area contributed by atoms with Gasteiger partial charge in [0, 0.05) is 13.2 Å². The molecule has 0 atom stereocenters. The molecule has 0 saturated heterocycles. The Morgan fingerprint density at radius 3 is 2.68 bits per heavy atom. The smallest absolute Gasteiger partial charge is 0.330 e. The van der Waals surface area contributed by atoms with E-state index in [0.29, 0.717) is 18.3 Å². The number of nitrogens with zero attached hydrogens (tertiary/aromatic N) is 4. The topological polar surface area (TPSA) is 82.0 Å². The summed E-state index contributed by atoms with van der Waals surface area (Å²) in [5.41, 5.74) is 0.756. The van der Waals surface area contributed by atoms with Crippen LogP contribution in [0.15, 0.2) is 18.3 Å². The van der Waals surface area contributed by atoms with Crippen LogP contribution in [-0.4, -0.2) is 33.6 Å². The quantitative estimate of drug-likeness (QED) is 0.878. The van der Waals surface area contributed by atoms with E-state index >= 15 is 0 Å². The summed E-state index contributed by atoms with van der Waals surface area (Å²) >= 11 is 0. The van der Waals surface area contributed by atoms with Gasteiger partial charge in [-0.05, 0) is 26.0 Å². The van der Waals surface area contributed by atoms with Gasteiger partial charge < -0.3 is 14.8 Å². The van der Waals surface area contributed by atoms with Gasteiger partial charge in [0.05, 0.1) is 12.3 Å². The maximum Gasteiger partial charge on any atom is 0.330 e. The molecule has 0 aliphatic heterocycles. The second-order valence-corrected chi connectivity index (χ2v) is 3.60. The molecule has 7 nitrogen and oxygen atoms in total. The highest BCUT2D eigenvalue weighted by atomic mass is 16.5. The third-order valence-electron chi connectivity index (χ3n) is 2.25. The van der Waals surface area contributed by atoms with E-state index in [9.17, 15) is 0 Å². The first kappa shape index (κ1) is 13.0. The molecule has 2 aromatic heterocycles. The number of hydrogen-bond acceptors (Lipinski definition) is 7. The molecule has 0 aliphatic rings. The van der Waals surface area contributed by atoms with Gasteiger partial charge in [-0.3, -0.25) is 4.98 Å². The lowest BCUT2D eigenvalue weighted by Crippen LogP contribution is -2.05. The van der Waals surface area contributed by atoms with Gasteiger partial charge in [-0.2, -0.15) is 9.97 Å². The Labute approximate surface area is 111 Å². The Morgan fingerprint density at radius 1 is 1.21 bits per heavy atom. The first-order chi connectivity index (χ1) is 9.22. The van der Waals surface area contributed by atoms with Gasteiger partial charge >= 0.3 is 12.0 Å². The molecule has 2 heterocycles. The van der Waals surface area contributed by atoms with Crippen molar-refractivity contribution in [2.24, 2.45) is 0 Å². The van der Waals surface area contributed by atoms with E-state index in [1.54, 1.807) is 25.4 Å². The zero-order valence-corrected chi connectivity index (χ0v) is 11.0. The molecule has 0 fully saturated rings. The van der Waals surface area contributed by atoms with Crippen LogP contribution in [0.5, 0.6) is 17.8 Å². The lowest BCUT2D eigenvalue weighted by atomic mass is 10.3. The molecule has 100 valence electrons. The van der Waals surface area contributed by atoms with Gasteiger partial charge in [-0.15, -0.1) is 4.98 Å². The fourth-order valence-corrected chi connectivity index (χ4v) is 1.36. The van der Waals surface area contributed by atoms with Crippen molar-refractivity contribution >= 4 is 5.95 Å². The minimum atomic E-state index is 0.166. The third-order valence-corrected chi connectivity index (χ3v) is 2.25. The first-order valence-electron chi connectivity index (χ1n) is 5.89. The molecule has 0 radical (unpaired) electrons. The maximum atomic E-state index is 5.59. The van der Waals surface area contributed by atoms with Crippen molar-refractivity contribution in [2.45, 2.75) is 13.8 Å². The molecular formula is C12H15N5O2. The Kier molecular flexibility index (Phi) is 4.07. The predicted molar refractivity (Wildman–Crippen MR) is 69.6 cm³/mol. The number of rotatable bonds is 5. The minimum Gasteiger partial charge on any atom is -0.464 e. The number of ether oxygens (including phenoxy) is 2. The second-order valence-electron chi connectivity index (χ2n) is 3.60. The molecule has 19 heavy (non-hydrogen) atoms. The van der Waals surface area contributed by atoms with Crippen LogP contribution >= 0.6 is 0 Å². The summed E-state index contributed by atoms with van der Waals surface area (Å²) in [6.45, 7) is 4.17. The second kappa shape index (κ2) is 5.94. The molecule has 0 amide bonds. The van der Waals surface area contributed by atoms with Crippen molar-refractivity contribution in [3.05, 3.63) is 24.0 Å². The Bertz CT molecular complexity index is 562. The summed E-state index contributed by atoms with van der Waals surface area (Å²) in [6.07, 6.45) is 1.69. The van der Waals surface area contributed by atoms with Gasteiger partial charge in [0.1, 0.15) is 0 Å². The lowest BCUT2D eigenvalue weighted by Gasteiger charge is -2.08. The van der Waals surface area contributed by atoms with E-state index in [4.69, 9.17) is 9.47 Å². The fraction of sp³-hybridized carbons (Fsp3) is 0.333. The Morgan fingerprint density at radius 2 is 2.00 bits per heavy atom. The molecule has 0 unspecified atom stereocenters. The zero-order chi connectivity index (χ0) is 13.7. The van der Waals surface area contributed by atoms with Gasteiger partial charge in [0.2, 0.25) is 5.95 Å². The molecule has 7 heteroatoms. The largest absolute Gasteiger partial charge is 0.464 e. The van der Waals surface area contributed by atoms with Crippen molar-refractivity contribution in [3.63, 3.8) is 0 Å². The van der Waals surface area contributed by atoms with Crippen LogP contribution in [0.2, 0.25) is 0 Å². The van der Waals surface area contributed by atoms with Gasteiger partial charge in [0.25, 0.3) is 0 Å². The summed E-state index contributed by atoms with van der Waals surface area (Å²) in [5.74, 6) is 0.980. The molecule has 0 aliphatic carbocycles. The molecular weight excluding hydrogens is 246 g/mol. The summed E-state index contributed by atoms with van der Waals surface area (Å²) < 4.78 is 10.9. The monoisotopic (exact) mass is 261 g/mol. The van der Waals surface area contributed by atoms with Crippen molar-refractivity contribution in [1.82, 2.24) is 19.9 Å².